The van der Waals surface area contributed by atoms with Gasteiger partial charge in [-0.25, -0.2) is 0 Å². The molecule has 0 radical (unpaired) electrons. The third kappa shape index (κ3) is 4.06. The van der Waals surface area contributed by atoms with Gasteiger partial charge in [-0.15, -0.1) is 0 Å². The van der Waals surface area contributed by atoms with Gasteiger partial charge in [0.15, 0.2) is 0 Å². The van der Waals surface area contributed by atoms with Crippen LogP contribution in [0.2, 0.25) is 0 Å². The molecular formula is C18H26N2. The Morgan fingerprint density at radius 2 is 1.80 bits per heavy atom. The van der Waals surface area contributed by atoms with E-state index in [-0.39, 0.29) is 0 Å². The van der Waals surface area contributed by atoms with Crippen LogP contribution < -0.4 is 11.3 Å². The molecule has 1 unspecified atom stereocenters. The lowest BCUT2D eigenvalue weighted by atomic mass is 9.96. The van der Waals surface area contributed by atoms with Crippen LogP contribution in [0.25, 0.3) is 10.8 Å². The Morgan fingerprint density at radius 1 is 1.00 bits per heavy atom. The van der Waals surface area contributed by atoms with Crippen molar-refractivity contribution in [2.24, 2.45) is 5.84 Å². The monoisotopic (exact) mass is 270 g/mol. The van der Waals surface area contributed by atoms with Gasteiger partial charge in [0.1, 0.15) is 0 Å². The summed E-state index contributed by atoms with van der Waals surface area (Å²) in [6.07, 6.45) is 7.33. The van der Waals surface area contributed by atoms with Crippen molar-refractivity contribution in [3.8, 4) is 0 Å². The van der Waals surface area contributed by atoms with Crippen LogP contribution in [0.1, 0.15) is 44.6 Å². The number of benzene rings is 2. The molecule has 2 aromatic rings. The molecule has 0 aliphatic rings. The van der Waals surface area contributed by atoms with Crippen LogP contribution in [0.15, 0.2) is 42.5 Å². The van der Waals surface area contributed by atoms with Crippen molar-refractivity contribution in [3.63, 3.8) is 0 Å². The smallest absolute Gasteiger partial charge is 0.0251 e. The molecule has 2 heteroatoms. The molecule has 0 fully saturated rings. The fourth-order valence-electron chi connectivity index (χ4n) is 2.80. The Kier molecular flexibility index (Phi) is 6.03. The maximum absolute atomic E-state index is 5.73. The maximum Gasteiger partial charge on any atom is 0.0251 e. The van der Waals surface area contributed by atoms with Crippen LogP contribution >= 0.6 is 0 Å². The van der Waals surface area contributed by atoms with Gasteiger partial charge in [0.2, 0.25) is 0 Å². The first-order valence-corrected chi connectivity index (χ1v) is 7.78. The van der Waals surface area contributed by atoms with E-state index in [1.54, 1.807) is 0 Å². The fourth-order valence-corrected chi connectivity index (χ4v) is 2.80. The van der Waals surface area contributed by atoms with E-state index in [1.165, 1.54) is 42.0 Å². The zero-order valence-electron chi connectivity index (χ0n) is 12.4. The third-order valence-corrected chi connectivity index (χ3v) is 3.99. The second-order valence-corrected chi connectivity index (χ2v) is 5.56. The van der Waals surface area contributed by atoms with Gasteiger partial charge >= 0.3 is 0 Å². The predicted octanol–water partition coefficient (Wildman–Crippen LogP) is 4.18. The lowest BCUT2D eigenvalue weighted by molar-refractivity contribution is 0.464. The number of hydrazine groups is 1. The van der Waals surface area contributed by atoms with E-state index in [0.29, 0.717) is 6.04 Å². The van der Waals surface area contributed by atoms with E-state index in [4.69, 9.17) is 5.84 Å². The van der Waals surface area contributed by atoms with Crippen LogP contribution in [-0.4, -0.2) is 6.04 Å². The SMILES string of the molecule is CCCCCCC(Cc1cccc2ccccc12)NN. The molecule has 0 bridgehead atoms. The molecule has 0 aliphatic carbocycles. The number of nitrogens with one attached hydrogen (secondary N) is 1. The zero-order valence-corrected chi connectivity index (χ0v) is 12.4. The summed E-state index contributed by atoms with van der Waals surface area (Å²) in [6.45, 7) is 2.24. The van der Waals surface area contributed by atoms with Crippen LogP contribution in [0, 0.1) is 0 Å². The van der Waals surface area contributed by atoms with Crippen molar-refractivity contribution >= 4 is 10.8 Å². The number of fused-ring (bicyclic) bond motifs is 1. The van der Waals surface area contributed by atoms with Crippen molar-refractivity contribution in [2.45, 2.75) is 51.5 Å². The quantitative estimate of drug-likeness (QED) is 0.429. The van der Waals surface area contributed by atoms with Gasteiger partial charge < -0.3 is 0 Å². The maximum atomic E-state index is 5.73. The van der Waals surface area contributed by atoms with Crippen molar-refractivity contribution < 1.29 is 0 Å². The van der Waals surface area contributed by atoms with Gasteiger partial charge in [-0.05, 0) is 29.2 Å². The first-order chi connectivity index (χ1) is 9.85. The third-order valence-electron chi connectivity index (χ3n) is 3.99. The largest absolute Gasteiger partial charge is 0.271 e. The normalized spacial score (nSPS) is 12.7. The highest BCUT2D eigenvalue weighted by molar-refractivity contribution is 5.85. The minimum absolute atomic E-state index is 0.373. The summed E-state index contributed by atoms with van der Waals surface area (Å²) in [4.78, 5) is 0. The van der Waals surface area contributed by atoms with Crippen LogP contribution in [-0.2, 0) is 6.42 Å². The summed E-state index contributed by atoms with van der Waals surface area (Å²) in [6, 6.07) is 15.5. The predicted molar refractivity (Wildman–Crippen MR) is 87.5 cm³/mol. The lowest BCUT2D eigenvalue weighted by Crippen LogP contribution is -2.36. The van der Waals surface area contributed by atoms with E-state index in [0.717, 1.165) is 12.8 Å². The molecule has 0 heterocycles. The van der Waals surface area contributed by atoms with E-state index in [9.17, 15) is 0 Å². The number of rotatable bonds is 8. The molecule has 3 N–H and O–H groups in total. The first-order valence-electron chi connectivity index (χ1n) is 7.78. The van der Waals surface area contributed by atoms with Gasteiger partial charge in [0.25, 0.3) is 0 Å². The summed E-state index contributed by atoms with van der Waals surface area (Å²) in [7, 11) is 0. The first kappa shape index (κ1) is 15.0. The molecule has 1 atom stereocenters. The van der Waals surface area contributed by atoms with E-state index in [2.05, 4.69) is 54.8 Å². The van der Waals surface area contributed by atoms with Crippen LogP contribution in [0.5, 0.6) is 0 Å². The highest BCUT2D eigenvalue weighted by Gasteiger charge is 2.09. The standard InChI is InChI=1S/C18H26N2/c1-2-3-4-5-12-17(20-19)14-16-11-8-10-15-9-6-7-13-18(15)16/h6-11,13,17,20H,2-5,12,14,19H2,1H3. The Balaban J connectivity index is 2.02. The summed E-state index contributed by atoms with van der Waals surface area (Å²) in [5.41, 5.74) is 4.38. The summed E-state index contributed by atoms with van der Waals surface area (Å²) in [5, 5.41) is 2.66. The minimum Gasteiger partial charge on any atom is -0.271 e. The molecule has 0 saturated carbocycles. The molecule has 2 aromatic carbocycles. The Labute approximate surface area is 122 Å². The second kappa shape index (κ2) is 8.03. The van der Waals surface area contributed by atoms with Crippen LogP contribution in [0.4, 0.5) is 0 Å². The number of hydrogen-bond donors (Lipinski definition) is 2. The fraction of sp³-hybridized carbons (Fsp3) is 0.444. The van der Waals surface area contributed by atoms with E-state index < -0.39 is 0 Å². The van der Waals surface area contributed by atoms with Crippen molar-refractivity contribution in [1.29, 1.82) is 0 Å². The molecule has 0 aliphatic heterocycles. The Morgan fingerprint density at radius 3 is 2.60 bits per heavy atom. The van der Waals surface area contributed by atoms with E-state index >= 15 is 0 Å². The summed E-state index contributed by atoms with van der Waals surface area (Å²) in [5.74, 6) is 5.73. The minimum atomic E-state index is 0.373. The van der Waals surface area contributed by atoms with Gasteiger partial charge in [0.05, 0.1) is 0 Å². The summed E-state index contributed by atoms with van der Waals surface area (Å²) < 4.78 is 0. The molecule has 0 spiro atoms. The zero-order chi connectivity index (χ0) is 14.2. The topological polar surface area (TPSA) is 38.0 Å². The lowest BCUT2D eigenvalue weighted by Gasteiger charge is -2.17. The molecule has 0 aromatic heterocycles. The van der Waals surface area contributed by atoms with Crippen molar-refractivity contribution in [1.82, 2.24) is 5.43 Å². The van der Waals surface area contributed by atoms with Gasteiger partial charge in [0, 0.05) is 6.04 Å². The average Bonchev–Trinajstić information content (AvgIpc) is 2.50. The van der Waals surface area contributed by atoms with Gasteiger partial charge in [-0.1, -0.05) is 75.1 Å². The average molecular weight is 270 g/mol. The van der Waals surface area contributed by atoms with Crippen molar-refractivity contribution in [2.75, 3.05) is 0 Å². The molecule has 2 nitrogen and oxygen atoms in total. The van der Waals surface area contributed by atoms with Gasteiger partial charge in [-0.3, -0.25) is 11.3 Å². The molecule has 2 rings (SSSR count). The second-order valence-electron chi connectivity index (χ2n) is 5.56. The van der Waals surface area contributed by atoms with E-state index in [1.807, 2.05) is 0 Å². The highest BCUT2D eigenvalue weighted by atomic mass is 15.2. The molecule has 0 amide bonds. The van der Waals surface area contributed by atoms with Gasteiger partial charge in [-0.2, -0.15) is 0 Å². The molecule has 0 saturated heterocycles. The Bertz CT molecular complexity index is 516. The summed E-state index contributed by atoms with van der Waals surface area (Å²) >= 11 is 0. The molecule has 20 heavy (non-hydrogen) atoms. The number of nitrogens with two attached hydrogens (primary N) is 1. The molecular weight excluding hydrogens is 244 g/mol. The molecule has 108 valence electrons. The Hall–Kier alpha value is -1.38. The number of unbranched alkanes of at least 4 members (excludes halogenated alkanes) is 3. The number of hydrogen-bond acceptors (Lipinski definition) is 2. The van der Waals surface area contributed by atoms with Crippen molar-refractivity contribution in [3.05, 3.63) is 48.0 Å². The highest BCUT2D eigenvalue weighted by Crippen LogP contribution is 2.20. The van der Waals surface area contributed by atoms with Crippen LogP contribution in [0.3, 0.4) is 0 Å².